The van der Waals surface area contributed by atoms with E-state index in [0.717, 1.165) is 15.8 Å². The number of esters is 1. The number of hydrogen-bond acceptors (Lipinski definition) is 6. The number of thiazole rings is 1. The topological polar surface area (TPSA) is 77.5 Å². The maximum atomic E-state index is 12.0. The molecule has 0 radical (unpaired) electrons. The molecule has 0 aliphatic rings. The SMILES string of the molecule is Cc1ccc2nc(NC(=O)COC(=O)C(C)Oc3ccc(Cl)cc3)sc2c1. The van der Waals surface area contributed by atoms with Gasteiger partial charge in [-0.15, -0.1) is 0 Å². The first-order valence-electron chi connectivity index (χ1n) is 8.16. The van der Waals surface area contributed by atoms with Crippen molar-refractivity contribution in [3.8, 4) is 5.75 Å². The standard InChI is InChI=1S/C19H17ClN2O4S/c1-11-3-8-15-16(9-11)27-19(21-15)22-17(23)10-25-18(24)12(2)26-14-6-4-13(20)5-7-14/h3-9,12H,10H2,1-2H3,(H,21,22,23). The Kier molecular flexibility index (Phi) is 5.93. The number of ether oxygens (including phenoxy) is 2. The average molecular weight is 405 g/mol. The van der Waals surface area contributed by atoms with Crippen LogP contribution in [0.4, 0.5) is 5.13 Å². The van der Waals surface area contributed by atoms with Crippen LogP contribution in [0.1, 0.15) is 12.5 Å². The third-order valence-electron chi connectivity index (χ3n) is 3.59. The number of rotatable bonds is 6. The largest absolute Gasteiger partial charge is 0.479 e. The first-order valence-corrected chi connectivity index (χ1v) is 9.36. The lowest BCUT2D eigenvalue weighted by Gasteiger charge is -2.13. The minimum atomic E-state index is -0.857. The van der Waals surface area contributed by atoms with Gasteiger partial charge in [0, 0.05) is 5.02 Å². The molecule has 3 aromatic rings. The quantitative estimate of drug-likeness (QED) is 0.623. The fourth-order valence-electron chi connectivity index (χ4n) is 2.26. The van der Waals surface area contributed by atoms with E-state index in [9.17, 15) is 9.59 Å². The monoisotopic (exact) mass is 404 g/mol. The highest BCUT2D eigenvalue weighted by molar-refractivity contribution is 7.22. The van der Waals surface area contributed by atoms with E-state index in [1.165, 1.54) is 11.3 Å². The summed E-state index contributed by atoms with van der Waals surface area (Å²) in [5.41, 5.74) is 1.93. The molecule has 1 amide bonds. The number of halogens is 1. The van der Waals surface area contributed by atoms with E-state index in [0.29, 0.717) is 15.9 Å². The Labute approximate surface area is 165 Å². The van der Waals surface area contributed by atoms with Crippen LogP contribution in [0, 0.1) is 6.92 Å². The Hall–Kier alpha value is -2.64. The van der Waals surface area contributed by atoms with Crippen LogP contribution in [0.15, 0.2) is 42.5 Å². The molecule has 2 aromatic carbocycles. The van der Waals surface area contributed by atoms with Crippen LogP contribution in [0.3, 0.4) is 0 Å². The van der Waals surface area contributed by atoms with Crippen molar-refractivity contribution >= 4 is 50.2 Å². The molecule has 0 fully saturated rings. The number of carbonyl (C=O) groups excluding carboxylic acids is 2. The highest BCUT2D eigenvalue weighted by Gasteiger charge is 2.18. The zero-order chi connectivity index (χ0) is 19.4. The Morgan fingerprint density at radius 3 is 2.70 bits per heavy atom. The Morgan fingerprint density at radius 1 is 1.22 bits per heavy atom. The van der Waals surface area contributed by atoms with Crippen LogP contribution in [-0.4, -0.2) is 29.6 Å². The van der Waals surface area contributed by atoms with Crippen molar-refractivity contribution in [2.24, 2.45) is 0 Å². The minimum absolute atomic E-state index is 0.415. The van der Waals surface area contributed by atoms with Crippen LogP contribution < -0.4 is 10.1 Å². The number of carbonyl (C=O) groups is 2. The van der Waals surface area contributed by atoms with Crippen LogP contribution in [0.2, 0.25) is 5.02 Å². The molecule has 1 atom stereocenters. The summed E-state index contributed by atoms with van der Waals surface area (Å²) in [5.74, 6) is -0.615. The summed E-state index contributed by atoms with van der Waals surface area (Å²) in [4.78, 5) is 28.3. The van der Waals surface area contributed by atoms with Crippen LogP contribution in [-0.2, 0) is 14.3 Å². The molecule has 6 nitrogen and oxygen atoms in total. The minimum Gasteiger partial charge on any atom is -0.479 e. The van der Waals surface area contributed by atoms with Crippen LogP contribution in [0.5, 0.6) is 5.75 Å². The molecule has 0 aliphatic carbocycles. The van der Waals surface area contributed by atoms with Crippen molar-refractivity contribution < 1.29 is 19.1 Å². The summed E-state index contributed by atoms with van der Waals surface area (Å²) >= 11 is 7.16. The highest BCUT2D eigenvalue weighted by Crippen LogP contribution is 2.26. The Bertz CT molecular complexity index is 972. The molecule has 0 saturated carbocycles. The van der Waals surface area contributed by atoms with E-state index in [1.807, 2.05) is 25.1 Å². The molecular formula is C19H17ClN2O4S. The number of nitrogens with one attached hydrogen (secondary N) is 1. The molecule has 0 bridgehead atoms. The number of hydrogen-bond donors (Lipinski definition) is 1. The second-order valence-corrected chi connectivity index (χ2v) is 7.33. The highest BCUT2D eigenvalue weighted by atomic mass is 35.5. The van der Waals surface area contributed by atoms with Gasteiger partial charge in [-0.3, -0.25) is 10.1 Å². The number of anilines is 1. The first-order chi connectivity index (χ1) is 12.9. The normalized spacial score (nSPS) is 11.8. The maximum Gasteiger partial charge on any atom is 0.347 e. The summed E-state index contributed by atoms with van der Waals surface area (Å²) in [6, 6.07) is 12.5. The van der Waals surface area contributed by atoms with Crippen LogP contribution in [0.25, 0.3) is 10.2 Å². The maximum absolute atomic E-state index is 12.0. The van der Waals surface area contributed by atoms with Crippen molar-refractivity contribution in [3.05, 3.63) is 53.1 Å². The van der Waals surface area contributed by atoms with Crippen molar-refractivity contribution in [2.75, 3.05) is 11.9 Å². The van der Waals surface area contributed by atoms with E-state index in [1.54, 1.807) is 31.2 Å². The number of fused-ring (bicyclic) bond motifs is 1. The molecule has 0 spiro atoms. The Morgan fingerprint density at radius 2 is 1.96 bits per heavy atom. The fourth-order valence-corrected chi connectivity index (χ4v) is 3.37. The molecule has 8 heteroatoms. The Balaban J connectivity index is 1.50. The van der Waals surface area contributed by atoms with Gasteiger partial charge in [0.25, 0.3) is 5.91 Å². The van der Waals surface area contributed by atoms with Crippen LogP contribution >= 0.6 is 22.9 Å². The van der Waals surface area contributed by atoms with Crippen molar-refractivity contribution in [1.82, 2.24) is 4.98 Å². The zero-order valence-electron chi connectivity index (χ0n) is 14.7. The molecule has 1 unspecified atom stereocenters. The summed E-state index contributed by atoms with van der Waals surface area (Å²) in [6.45, 7) is 3.12. The predicted octanol–water partition coefficient (Wildman–Crippen LogP) is 4.21. The fraction of sp³-hybridized carbons (Fsp3) is 0.211. The van der Waals surface area contributed by atoms with Gasteiger partial charge in [0.05, 0.1) is 10.2 Å². The lowest BCUT2D eigenvalue weighted by atomic mass is 10.2. The number of benzene rings is 2. The molecule has 3 rings (SSSR count). The number of aromatic nitrogens is 1. The van der Waals surface area contributed by atoms with E-state index in [-0.39, 0.29) is 0 Å². The van der Waals surface area contributed by atoms with Gasteiger partial charge in [0.2, 0.25) is 0 Å². The second-order valence-electron chi connectivity index (χ2n) is 5.86. The zero-order valence-corrected chi connectivity index (χ0v) is 16.3. The summed E-state index contributed by atoms with van der Waals surface area (Å²) in [6.07, 6.45) is -0.857. The number of amides is 1. The lowest BCUT2D eigenvalue weighted by molar-refractivity contribution is -0.153. The van der Waals surface area contributed by atoms with Crippen molar-refractivity contribution in [2.45, 2.75) is 20.0 Å². The molecule has 1 N–H and O–H groups in total. The van der Waals surface area contributed by atoms with Gasteiger partial charge in [0.15, 0.2) is 17.8 Å². The van der Waals surface area contributed by atoms with Crippen molar-refractivity contribution in [3.63, 3.8) is 0 Å². The van der Waals surface area contributed by atoms with Gasteiger partial charge < -0.3 is 9.47 Å². The molecule has 0 saturated heterocycles. The summed E-state index contributed by atoms with van der Waals surface area (Å²) < 4.78 is 11.4. The second kappa shape index (κ2) is 8.37. The van der Waals surface area contributed by atoms with E-state index in [4.69, 9.17) is 21.1 Å². The van der Waals surface area contributed by atoms with E-state index < -0.39 is 24.6 Å². The first kappa shape index (κ1) is 19.1. The number of aryl methyl sites for hydroxylation is 1. The molecule has 27 heavy (non-hydrogen) atoms. The van der Waals surface area contributed by atoms with Crippen molar-refractivity contribution in [1.29, 1.82) is 0 Å². The van der Waals surface area contributed by atoms with Gasteiger partial charge in [-0.05, 0) is 55.8 Å². The van der Waals surface area contributed by atoms with E-state index in [2.05, 4.69) is 10.3 Å². The summed E-state index contributed by atoms with van der Waals surface area (Å²) in [7, 11) is 0. The smallest absolute Gasteiger partial charge is 0.347 e. The molecule has 0 aliphatic heterocycles. The van der Waals surface area contributed by atoms with Gasteiger partial charge in [0.1, 0.15) is 5.75 Å². The number of nitrogens with zero attached hydrogens (tertiary/aromatic N) is 1. The van der Waals surface area contributed by atoms with E-state index >= 15 is 0 Å². The van der Waals surface area contributed by atoms with Gasteiger partial charge in [-0.2, -0.15) is 0 Å². The molecular weight excluding hydrogens is 388 g/mol. The third-order valence-corrected chi connectivity index (χ3v) is 4.78. The van der Waals surface area contributed by atoms with Gasteiger partial charge in [-0.1, -0.05) is 29.0 Å². The average Bonchev–Trinajstić information content (AvgIpc) is 3.02. The molecule has 1 heterocycles. The van der Waals surface area contributed by atoms with Gasteiger partial charge in [-0.25, -0.2) is 9.78 Å². The summed E-state index contributed by atoms with van der Waals surface area (Å²) in [5, 5.41) is 3.67. The third kappa shape index (κ3) is 5.18. The predicted molar refractivity (Wildman–Crippen MR) is 105 cm³/mol. The van der Waals surface area contributed by atoms with Gasteiger partial charge >= 0.3 is 5.97 Å². The molecule has 140 valence electrons. The molecule has 1 aromatic heterocycles. The lowest BCUT2D eigenvalue weighted by Crippen LogP contribution is -2.29.